The summed E-state index contributed by atoms with van der Waals surface area (Å²) in [6.45, 7) is 5.58. The van der Waals surface area contributed by atoms with Crippen LogP contribution in [0.25, 0.3) is 0 Å². The topological polar surface area (TPSA) is 41.3 Å². The Kier molecular flexibility index (Phi) is 5.26. The van der Waals surface area contributed by atoms with Gasteiger partial charge in [0.25, 0.3) is 0 Å². The zero-order valence-corrected chi connectivity index (χ0v) is 11.3. The molecular formula is C14H29N3. The van der Waals surface area contributed by atoms with Crippen LogP contribution in [0.1, 0.15) is 51.9 Å². The second-order valence-corrected chi connectivity index (χ2v) is 6.04. The van der Waals surface area contributed by atoms with Crippen LogP contribution in [0.5, 0.6) is 0 Å². The fourth-order valence-electron chi connectivity index (χ4n) is 3.30. The molecule has 100 valence electrons. The number of rotatable bonds is 4. The van der Waals surface area contributed by atoms with E-state index in [1.54, 1.807) is 0 Å². The standard InChI is InChI=1S/C14H29N3/c1-12-5-7-13(8-6-12)14(11-15)16-17-9-3-2-4-10-17/h12-14,16H,2-11,15H2,1H3. The van der Waals surface area contributed by atoms with Crippen LogP contribution >= 0.6 is 0 Å². The largest absolute Gasteiger partial charge is 0.329 e. The maximum absolute atomic E-state index is 5.97. The van der Waals surface area contributed by atoms with Gasteiger partial charge in [0.2, 0.25) is 0 Å². The van der Waals surface area contributed by atoms with Gasteiger partial charge in [-0.1, -0.05) is 26.2 Å². The van der Waals surface area contributed by atoms with Crippen molar-refractivity contribution >= 4 is 0 Å². The molecule has 0 radical (unpaired) electrons. The highest BCUT2D eigenvalue weighted by atomic mass is 15.5. The predicted molar refractivity (Wildman–Crippen MR) is 72.5 cm³/mol. The molecule has 1 saturated carbocycles. The number of hydrazine groups is 1. The van der Waals surface area contributed by atoms with Gasteiger partial charge < -0.3 is 5.73 Å². The quantitative estimate of drug-likeness (QED) is 0.789. The monoisotopic (exact) mass is 239 g/mol. The number of hydrogen-bond donors (Lipinski definition) is 2. The van der Waals surface area contributed by atoms with Crippen molar-refractivity contribution in [1.82, 2.24) is 10.4 Å². The summed E-state index contributed by atoms with van der Waals surface area (Å²) >= 11 is 0. The molecule has 3 N–H and O–H groups in total. The van der Waals surface area contributed by atoms with Crippen LogP contribution in [0.4, 0.5) is 0 Å². The van der Waals surface area contributed by atoms with Gasteiger partial charge in [0.05, 0.1) is 0 Å². The van der Waals surface area contributed by atoms with Gasteiger partial charge in [-0.15, -0.1) is 0 Å². The predicted octanol–water partition coefficient (Wildman–Crippen LogP) is 2.13. The minimum absolute atomic E-state index is 0.514. The molecule has 3 heteroatoms. The summed E-state index contributed by atoms with van der Waals surface area (Å²) in [7, 11) is 0. The molecular weight excluding hydrogens is 210 g/mol. The number of piperidine rings is 1. The highest BCUT2D eigenvalue weighted by Gasteiger charge is 2.26. The van der Waals surface area contributed by atoms with E-state index in [4.69, 9.17) is 5.73 Å². The van der Waals surface area contributed by atoms with Gasteiger partial charge in [0, 0.05) is 25.7 Å². The van der Waals surface area contributed by atoms with Gasteiger partial charge in [-0.3, -0.25) is 5.43 Å². The molecule has 1 aliphatic heterocycles. The molecule has 1 aliphatic carbocycles. The van der Waals surface area contributed by atoms with Crippen LogP contribution in [0.15, 0.2) is 0 Å². The molecule has 1 unspecified atom stereocenters. The Bertz CT molecular complexity index is 206. The molecule has 0 amide bonds. The van der Waals surface area contributed by atoms with E-state index in [0.29, 0.717) is 6.04 Å². The molecule has 1 heterocycles. The molecule has 2 fully saturated rings. The summed E-state index contributed by atoms with van der Waals surface area (Å²) in [5.41, 5.74) is 9.66. The summed E-state index contributed by atoms with van der Waals surface area (Å²) in [4.78, 5) is 0. The molecule has 2 aliphatic rings. The SMILES string of the molecule is CC1CCC(C(CN)NN2CCCCC2)CC1. The van der Waals surface area contributed by atoms with E-state index >= 15 is 0 Å². The molecule has 2 rings (SSSR count). The van der Waals surface area contributed by atoms with E-state index in [9.17, 15) is 0 Å². The van der Waals surface area contributed by atoms with Crippen molar-refractivity contribution < 1.29 is 0 Å². The fourth-order valence-corrected chi connectivity index (χ4v) is 3.30. The maximum Gasteiger partial charge on any atom is 0.0366 e. The number of nitrogens with zero attached hydrogens (tertiary/aromatic N) is 1. The van der Waals surface area contributed by atoms with E-state index in [1.165, 1.54) is 58.0 Å². The highest BCUT2D eigenvalue weighted by molar-refractivity contribution is 4.81. The molecule has 0 aromatic rings. The van der Waals surface area contributed by atoms with Gasteiger partial charge in [-0.05, 0) is 37.5 Å². The van der Waals surface area contributed by atoms with Crippen molar-refractivity contribution in [1.29, 1.82) is 0 Å². The Morgan fingerprint density at radius 3 is 2.35 bits per heavy atom. The van der Waals surface area contributed by atoms with Crippen LogP contribution in [0.2, 0.25) is 0 Å². The van der Waals surface area contributed by atoms with Crippen molar-refractivity contribution in [3.8, 4) is 0 Å². The normalized spacial score (nSPS) is 33.5. The lowest BCUT2D eigenvalue weighted by molar-refractivity contribution is 0.0945. The van der Waals surface area contributed by atoms with Crippen molar-refractivity contribution in [2.45, 2.75) is 57.9 Å². The second kappa shape index (κ2) is 6.72. The summed E-state index contributed by atoms with van der Waals surface area (Å²) < 4.78 is 0. The van der Waals surface area contributed by atoms with Gasteiger partial charge in [0.15, 0.2) is 0 Å². The highest BCUT2D eigenvalue weighted by Crippen LogP contribution is 2.30. The van der Waals surface area contributed by atoms with Crippen molar-refractivity contribution in [3.63, 3.8) is 0 Å². The van der Waals surface area contributed by atoms with Crippen LogP contribution < -0.4 is 11.2 Å². The van der Waals surface area contributed by atoms with E-state index in [0.717, 1.165) is 18.4 Å². The zero-order chi connectivity index (χ0) is 12.1. The fraction of sp³-hybridized carbons (Fsp3) is 1.00. The number of hydrogen-bond acceptors (Lipinski definition) is 3. The third-order valence-corrected chi connectivity index (χ3v) is 4.59. The smallest absolute Gasteiger partial charge is 0.0366 e. The molecule has 0 spiro atoms. The third kappa shape index (κ3) is 3.94. The Hall–Kier alpha value is -0.120. The molecule has 17 heavy (non-hydrogen) atoms. The molecule has 1 saturated heterocycles. The van der Waals surface area contributed by atoms with Crippen LogP contribution in [-0.2, 0) is 0 Å². The number of nitrogens with two attached hydrogens (primary N) is 1. The molecule has 3 nitrogen and oxygen atoms in total. The maximum atomic E-state index is 5.97. The van der Waals surface area contributed by atoms with Gasteiger partial charge >= 0.3 is 0 Å². The van der Waals surface area contributed by atoms with E-state index in [2.05, 4.69) is 17.4 Å². The lowest BCUT2D eigenvalue weighted by Crippen LogP contribution is -2.53. The first-order valence-electron chi connectivity index (χ1n) is 7.50. The van der Waals surface area contributed by atoms with Crippen LogP contribution in [-0.4, -0.2) is 30.7 Å². The van der Waals surface area contributed by atoms with Crippen molar-refractivity contribution in [2.75, 3.05) is 19.6 Å². The Morgan fingerprint density at radius 2 is 1.76 bits per heavy atom. The van der Waals surface area contributed by atoms with E-state index < -0.39 is 0 Å². The summed E-state index contributed by atoms with van der Waals surface area (Å²) in [5.74, 6) is 1.73. The Morgan fingerprint density at radius 1 is 1.12 bits per heavy atom. The summed E-state index contributed by atoms with van der Waals surface area (Å²) in [5, 5.41) is 2.42. The average molecular weight is 239 g/mol. The summed E-state index contributed by atoms with van der Waals surface area (Å²) in [6.07, 6.45) is 9.59. The lowest BCUT2D eigenvalue weighted by Gasteiger charge is -2.37. The molecule has 1 atom stereocenters. The Labute approximate surface area is 106 Å². The summed E-state index contributed by atoms with van der Waals surface area (Å²) in [6, 6.07) is 0.514. The first kappa shape index (κ1) is 13.3. The minimum atomic E-state index is 0.514. The first-order chi connectivity index (χ1) is 8.29. The second-order valence-electron chi connectivity index (χ2n) is 6.04. The van der Waals surface area contributed by atoms with E-state index in [1.807, 2.05) is 0 Å². The molecule has 0 aromatic carbocycles. The lowest BCUT2D eigenvalue weighted by atomic mass is 9.79. The molecule has 0 bridgehead atoms. The Balaban J connectivity index is 1.78. The van der Waals surface area contributed by atoms with Gasteiger partial charge in [-0.25, -0.2) is 5.01 Å². The number of nitrogens with one attached hydrogen (secondary N) is 1. The zero-order valence-electron chi connectivity index (χ0n) is 11.3. The van der Waals surface area contributed by atoms with Gasteiger partial charge in [0.1, 0.15) is 0 Å². The molecule has 0 aromatic heterocycles. The third-order valence-electron chi connectivity index (χ3n) is 4.59. The van der Waals surface area contributed by atoms with Crippen LogP contribution in [0.3, 0.4) is 0 Å². The first-order valence-corrected chi connectivity index (χ1v) is 7.50. The van der Waals surface area contributed by atoms with E-state index in [-0.39, 0.29) is 0 Å². The van der Waals surface area contributed by atoms with Crippen LogP contribution in [0, 0.1) is 11.8 Å². The van der Waals surface area contributed by atoms with Crippen molar-refractivity contribution in [2.24, 2.45) is 17.6 Å². The van der Waals surface area contributed by atoms with Crippen molar-refractivity contribution in [3.05, 3.63) is 0 Å². The van der Waals surface area contributed by atoms with Gasteiger partial charge in [-0.2, -0.15) is 0 Å². The average Bonchev–Trinajstić information content (AvgIpc) is 2.38. The minimum Gasteiger partial charge on any atom is -0.329 e.